The number of nitrogens with one attached hydrogen (secondary N) is 1. The first-order chi connectivity index (χ1) is 12.8. The SMILES string of the molecule is Cc1nc2ccccc2n1CCNC(=O)[C@@H]1CCCN1C(=O)OC(C)(C)C. The highest BCUT2D eigenvalue weighted by Gasteiger charge is 2.36. The summed E-state index contributed by atoms with van der Waals surface area (Å²) in [6, 6.07) is 7.50. The quantitative estimate of drug-likeness (QED) is 0.895. The molecule has 2 aromatic rings. The van der Waals surface area contributed by atoms with Crippen molar-refractivity contribution >= 4 is 23.0 Å². The van der Waals surface area contributed by atoms with Gasteiger partial charge in [0.2, 0.25) is 5.91 Å². The number of carbonyl (C=O) groups is 2. The van der Waals surface area contributed by atoms with Crippen LogP contribution in [0.4, 0.5) is 4.79 Å². The molecule has 0 spiro atoms. The number of aromatic nitrogens is 2. The van der Waals surface area contributed by atoms with Crippen LogP contribution in [-0.2, 0) is 16.1 Å². The summed E-state index contributed by atoms with van der Waals surface area (Å²) in [5, 5.41) is 2.97. The van der Waals surface area contributed by atoms with Gasteiger partial charge in [0.25, 0.3) is 0 Å². The lowest BCUT2D eigenvalue weighted by Gasteiger charge is -2.28. The van der Waals surface area contributed by atoms with Crippen LogP contribution in [-0.4, -0.2) is 51.2 Å². The Balaban J connectivity index is 1.58. The average molecular weight is 372 g/mol. The summed E-state index contributed by atoms with van der Waals surface area (Å²) in [5.41, 5.74) is 1.44. The highest BCUT2D eigenvalue weighted by Crippen LogP contribution is 2.21. The molecular weight excluding hydrogens is 344 g/mol. The van der Waals surface area contributed by atoms with Gasteiger partial charge in [0.15, 0.2) is 0 Å². The zero-order chi connectivity index (χ0) is 19.6. The van der Waals surface area contributed by atoms with Crippen LogP contribution in [0.25, 0.3) is 11.0 Å². The van der Waals surface area contributed by atoms with Gasteiger partial charge in [-0.25, -0.2) is 9.78 Å². The predicted molar refractivity (Wildman–Crippen MR) is 103 cm³/mol. The van der Waals surface area contributed by atoms with Crippen LogP contribution in [0, 0.1) is 6.92 Å². The second-order valence-corrected chi connectivity index (χ2v) is 7.92. The molecular formula is C20H28N4O3. The van der Waals surface area contributed by atoms with Crippen molar-refractivity contribution in [2.45, 2.75) is 58.7 Å². The minimum atomic E-state index is -0.569. The van der Waals surface area contributed by atoms with Crippen LogP contribution < -0.4 is 5.32 Å². The first-order valence-electron chi connectivity index (χ1n) is 9.45. The monoisotopic (exact) mass is 372 g/mol. The summed E-state index contributed by atoms with van der Waals surface area (Å²) in [7, 11) is 0. The maximum Gasteiger partial charge on any atom is 0.410 e. The number of likely N-dealkylation sites (tertiary alicyclic amines) is 1. The largest absolute Gasteiger partial charge is 0.444 e. The maximum atomic E-state index is 12.6. The summed E-state index contributed by atoms with van der Waals surface area (Å²) >= 11 is 0. The number of para-hydroxylation sites is 2. The number of carbonyl (C=O) groups excluding carboxylic acids is 2. The zero-order valence-corrected chi connectivity index (χ0v) is 16.5. The van der Waals surface area contributed by atoms with Crippen molar-refractivity contribution in [3.63, 3.8) is 0 Å². The molecule has 1 fully saturated rings. The fourth-order valence-electron chi connectivity index (χ4n) is 3.47. The highest BCUT2D eigenvalue weighted by atomic mass is 16.6. The Morgan fingerprint density at radius 3 is 2.78 bits per heavy atom. The molecule has 0 aliphatic carbocycles. The van der Waals surface area contributed by atoms with Gasteiger partial charge in [-0.05, 0) is 52.7 Å². The first-order valence-corrected chi connectivity index (χ1v) is 9.45. The van der Waals surface area contributed by atoms with Gasteiger partial charge in [0.05, 0.1) is 11.0 Å². The molecule has 0 saturated carbocycles. The lowest BCUT2D eigenvalue weighted by atomic mass is 10.2. The smallest absolute Gasteiger partial charge is 0.410 e. The van der Waals surface area contributed by atoms with E-state index in [1.807, 2.05) is 52.0 Å². The standard InChI is InChI=1S/C20H28N4O3/c1-14-22-15-8-5-6-9-16(15)23(14)13-11-21-18(25)17-10-7-12-24(17)19(26)27-20(2,3)4/h5-6,8-9,17H,7,10-13H2,1-4H3,(H,21,25)/t17-/m0/s1. The van der Waals surface area contributed by atoms with Gasteiger partial charge in [-0.2, -0.15) is 0 Å². The minimum absolute atomic E-state index is 0.125. The number of rotatable bonds is 4. The summed E-state index contributed by atoms with van der Waals surface area (Å²) in [4.78, 5) is 31.0. The van der Waals surface area contributed by atoms with Crippen molar-refractivity contribution in [1.29, 1.82) is 0 Å². The number of imidazole rings is 1. The third-order valence-electron chi connectivity index (χ3n) is 4.66. The van der Waals surface area contributed by atoms with Crippen molar-refractivity contribution < 1.29 is 14.3 Å². The molecule has 27 heavy (non-hydrogen) atoms. The number of benzene rings is 1. The number of aryl methyl sites for hydroxylation is 1. The van der Waals surface area contributed by atoms with Crippen LogP contribution in [0.3, 0.4) is 0 Å². The van der Waals surface area contributed by atoms with Crippen molar-refractivity contribution in [2.75, 3.05) is 13.1 Å². The lowest BCUT2D eigenvalue weighted by molar-refractivity contribution is -0.125. The molecule has 2 heterocycles. The molecule has 1 aliphatic rings. The summed E-state index contributed by atoms with van der Waals surface area (Å²) in [5.74, 6) is 0.794. The topological polar surface area (TPSA) is 76.5 Å². The van der Waals surface area contributed by atoms with Crippen molar-refractivity contribution in [3.8, 4) is 0 Å². The maximum absolute atomic E-state index is 12.6. The highest BCUT2D eigenvalue weighted by molar-refractivity contribution is 5.86. The molecule has 1 aromatic heterocycles. The number of fused-ring (bicyclic) bond motifs is 1. The van der Waals surface area contributed by atoms with Crippen LogP contribution in [0.1, 0.15) is 39.4 Å². The number of hydrogen-bond donors (Lipinski definition) is 1. The molecule has 146 valence electrons. The Morgan fingerprint density at radius 2 is 2.04 bits per heavy atom. The van der Waals surface area contributed by atoms with E-state index in [0.29, 0.717) is 26.1 Å². The van der Waals surface area contributed by atoms with E-state index in [1.165, 1.54) is 0 Å². The number of amides is 2. The van der Waals surface area contributed by atoms with Gasteiger partial charge in [-0.1, -0.05) is 12.1 Å². The molecule has 7 nitrogen and oxygen atoms in total. The fourth-order valence-corrected chi connectivity index (χ4v) is 3.47. The van der Waals surface area contributed by atoms with E-state index < -0.39 is 17.7 Å². The third kappa shape index (κ3) is 4.40. The molecule has 0 radical (unpaired) electrons. The molecule has 0 unspecified atom stereocenters. The molecule has 0 bridgehead atoms. The van der Waals surface area contributed by atoms with Crippen molar-refractivity contribution in [1.82, 2.24) is 19.8 Å². The molecule has 1 aromatic carbocycles. The van der Waals surface area contributed by atoms with Gasteiger partial charge >= 0.3 is 6.09 Å². The van der Waals surface area contributed by atoms with E-state index >= 15 is 0 Å². The average Bonchev–Trinajstić information content (AvgIpc) is 3.18. The minimum Gasteiger partial charge on any atom is -0.444 e. The van der Waals surface area contributed by atoms with Crippen LogP contribution in [0.15, 0.2) is 24.3 Å². The second-order valence-electron chi connectivity index (χ2n) is 7.92. The summed E-state index contributed by atoms with van der Waals surface area (Å²) in [6.45, 7) is 9.12. The van der Waals surface area contributed by atoms with E-state index in [1.54, 1.807) is 4.90 Å². The van der Waals surface area contributed by atoms with Crippen LogP contribution in [0.2, 0.25) is 0 Å². The van der Waals surface area contributed by atoms with Crippen LogP contribution >= 0.6 is 0 Å². The normalized spacial score (nSPS) is 17.3. The van der Waals surface area contributed by atoms with E-state index in [4.69, 9.17) is 4.74 Å². The van der Waals surface area contributed by atoms with E-state index in [2.05, 4.69) is 14.9 Å². The zero-order valence-electron chi connectivity index (χ0n) is 16.5. The molecule has 1 N–H and O–H groups in total. The number of hydrogen-bond acceptors (Lipinski definition) is 4. The summed E-state index contributed by atoms with van der Waals surface area (Å²) < 4.78 is 7.52. The molecule has 2 amide bonds. The third-order valence-corrected chi connectivity index (χ3v) is 4.66. The first kappa shape index (κ1) is 19.2. The van der Waals surface area contributed by atoms with E-state index in [0.717, 1.165) is 23.3 Å². The predicted octanol–water partition coefficient (Wildman–Crippen LogP) is 2.86. The Kier molecular flexibility index (Phi) is 5.39. The second kappa shape index (κ2) is 7.58. The Morgan fingerprint density at radius 1 is 1.30 bits per heavy atom. The lowest BCUT2D eigenvalue weighted by Crippen LogP contribution is -2.48. The molecule has 3 rings (SSSR count). The Hall–Kier alpha value is -2.57. The van der Waals surface area contributed by atoms with Gasteiger partial charge in [-0.15, -0.1) is 0 Å². The van der Waals surface area contributed by atoms with Gasteiger partial charge in [0.1, 0.15) is 17.5 Å². The van der Waals surface area contributed by atoms with Gasteiger partial charge in [-0.3, -0.25) is 9.69 Å². The number of ether oxygens (including phenoxy) is 1. The van der Waals surface area contributed by atoms with Gasteiger partial charge in [0, 0.05) is 19.6 Å². The van der Waals surface area contributed by atoms with E-state index in [-0.39, 0.29) is 5.91 Å². The van der Waals surface area contributed by atoms with Crippen molar-refractivity contribution in [3.05, 3.63) is 30.1 Å². The van der Waals surface area contributed by atoms with Crippen molar-refractivity contribution in [2.24, 2.45) is 0 Å². The number of nitrogens with zero attached hydrogens (tertiary/aromatic N) is 3. The van der Waals surface area contributed by atoms with Gasteiger partial charge < -0.3 is 14.6 Å². The molecule has 1 aliphatic heterocycles. The van der Waals surface area contributed by atoms with Crippen LogP contribution in [0.5, 0.6) is 0 Å². The Labute approximate surface area is 159 Å². The Bertz CT molecular complexity index is 837. The summed E-state index contributed by atoms with van der Waals surface area (Å²) in [6.07, 6.45) is 1.05. The van der Waals surface area contributed by atoms with E-state index in [9.17, 15) is 9.59 Å². The fraction of sp³-hybridized carbons (Fsp3) is 0.550. The molecule has 1 saturated heterocycles. The molecule has 7 heteroatoms. The molecule has 1 atom stereocenters.